The van der Waals surface area contributed by atoms with E-state index < -0.39 is 11.9 Å². The Labute approximate surface area is 87.8 Å². The first-order valence-electron chi connectivity index (χ1n) is 4.44. The Bertz CT molecular complexity index is 229. The zero-order chi connectivity index (χ0) is 10.6. The smallest absolute Gasteiger partial charge is 0.321 e. The minimum absolute atomic E-state index is 0.195. The van der Waals surface area contributed by atoms with Crippen LogP contribution in [-0.4, -0.2) is 49.4 Å². The summed E-state index contributed by atoms with van der Waals surface area (Å²) in [5.74, 6) is -0.175. The molecule has 0 aromatic rings. The normalized spacial score (nSPS) is 17.3. The van der Waals surface area contributed by atoms with E-state index in [4.69, 9.17) is 11.6 Å². The standard InChI is InChI=1S/C8H14ClN3O2/c1-12-4-6(5-12)3-10-8(14)11-7(13)2-9/h6H,2-5H2,1H3,(H2,10,11,13,14). The van der Waals surface area contributed by atoms with Crippen LogP contribution in [0.4, 0.5) is 4.79 Å². The van der Waals surface area contributed by atoms with Gasteiger partial charge in [-0.15, -0.1) is 11.6 Å². The Balaban J connectivity index is 2.06. The van der Waals surface area contributed by atoms with Crippen LogP contribution in [0.3, 0.4) is 0 Å². The van der Waals surface area contributed by atoms with Gasteiger partial charge >= 0.3 is 6.03 Å². The molecule has 0 bridgehead atoms. The summed E-state index contributed by atoms with van der Waals surface area (Å²) in [5, 5.41) is 4.72. The molecule has 0 radical (unpaired) electrons. The second-order valence-electron chi connectivity index (χ2n) is 3.48. The molecule has 1 rings (SSSR count). The predicted octanol–water partition coefficient (Wildman–Crippen LogP) is -0.387. The number of halogens is 1. The number of carbonyl (C=O) groups excluding carboxylic acids is 2. The molecule has 14 heavy (non-hydrogen) atoms. The molecule has 3 amide bonds. The summed E-state index contributed by atoms with van der Waals surface area (Å²) >= 11 is 5.22. The van der Waals surface area contributed by atoms with Gasteiger partial charge in [0.2, 0.25) is 5.91 Å². The summed E-state index contributed by atoms with van der Waals surface area (Å²) in [6.07, 6.45) is 0. The minimum Gasteiger partial charge on any atom is -0.337 e. The van der Waals surface area contributed by atoms with E-state index in [1.807, 2.05) is 7.05 Å². The Hall–Kier alpha value is -0.810. The molecule has 5 nitrogen and oxygen atoms in total. The highest BCUT2D eigenvalue weighted by molar-refractivity contribution is 6.28. The molecule has 2 N–H and O–H groups in total. The first-order valence-corrected chi connectivity index (χ1v) is 4.97. The van der Waals surface area contributed by atoms with Crippen molar-refractivity contribution in [3.63, 3.8) is 0 Å². The highest BCUT2D eigenvalue weighted by atomic mass is 35.5. The summed E-state index contributed by atoms with van der Waals surface area (Å²) in [6.45, 7) is 2.58. The maximum absolute atomic E-state index is 11.0. The van der Waals surface area contributed by atoms with E-state index in [1.54, 1.807) is 0 Å². The van der Waals surface area contributed by atoms with Crippen LogP contribution in [0.2, 0.25) is 0 Å². The molecule has 1 aliphatic heterocycles. The molecule has 1 saturated heterocycles. The maximum Gasteiger partial charge on any atom is 0.321 e. The first kappa shape index (κ1) is 11.3. The van der Waals surface area contributed by atoms with Crippen LogP contribution in [0.1, 0.15) is 0 Å². The molecule has 1 fully saturated rings. The van der Waals surface area contributed by atoms with Gasteiger partial charge in [0.15, 0.2) is 0 Å². The van der Waals surface area contributed by atoms with Crippen LogP contribution in [0.25, 0.3) is 0 Å². The fraction of sp³-hybridized carbons (Fsp3) is 0.750. The van der Waals surface area contributed by atoms with Crippen molar-refractivity contribution >= 4 is 23.5 Å². The quantitative estimate of drug-likeness (QED) is 0.636. The fourth-order valence-electron chi connectivity index (χ4n) is 1.40. The SMILES string of the molecule is CN1CC(CNC(=O)NC(=O)CCl)C1. The number of likely N-dealkylation sites (tertiary alicyclic amines) is 1. The summed E-state index contributed by atoms with van der Waals surface area (Å²) in [4.78, 5) is 23.9. The van der Waals surface area contributed by atoms with Crippen LogP contribution in [0.15, 0.2) is 0 Å². The monoisotopic (exact) mass is 219 g/mol. The number of nitrogens with zero attached hydrogens (tertiary/aromatic N) is 1. The molecule has 1 aliphatic rings. The van der Waals surface area contributed by atoms with Crippen molar-refractivity contribution in [2.75, 3.05) is 32.6 Å². The molecule has 0 atom stereocenters. The van der Waals surface area contributed by atoms with E-state index in [1.165, 1.54) is 0 Å². The van der Waals surface area contributed by atoms with Crippen LogP contribution >= 0.6 is 11.6 Å². The van der Waals surface area contributed by atoms with E-state index in [2.05, 4.69) is 15.5 Å². The van der Waals surface area contributed by atoms with E-state index >= 15 is 0 Å². The van der Waals surface area contributed by atoms with E-state index in [-0.39, 0.29) is 5.88 Å². The molecule has 1 heterocycles. The number of rotatable bonds is 3. The first-order chi connectivity index (χ1) is 6.61. The second kappa shape index (κ2) is 5.17. The van der Waals surface area contributed by atoms with Gasteiger partial charge in [0.25, 0.3) is 0 Å². The summed E-state index contributed by atoms with van der Waals surface area (Å²) < 4.78 is 0. The minimum atomic E-state index is -0.477. The number of carbonyl (C=O) groups is 2. The lowest BCUT2D eigenvalue weighted by molar-refractivity contribution is -0.117. The van der Waals surface area contributed by atoms with Crippen molar-refractivity contribution in [3.8, 4) is 0 Å². The average molecular weight is 220 g/mol. The van der Waals surface area contributed by atoms with Crippen molar-refractivity contribution in [3.05, 3.63) is 0 Å². The van der Waals surface area contributed by atoms with E-state index in [0.717, 1.165) is 13.1 Å². The topological polar surface area (TPSA) is 61.4 Å². The van der Waals surface area contributed by atoms with Gasteiger partial charge in [0, 0.05) is 25.6 Å². The summed E-state index contributed by atoms with van der Waals surface area (Å²) in [7, 11) is 2.02. The predicted molar refractivity (Wildman–Crippen MR) is 53.2 cm³/mol. The molecular weight excluding hydrogens is 206 g/mol. The van der Waals surface area contributed by atoms with Crippen molar-refractivity contribution < 1.29 is 9.59 Å². The number of amides is 3. The van der Waals surface area contributed by atoms with Gasteiger partial charge < -0.3 is 10.2 Å². The Morgan fingerprint density at radius 3 is 2.64 bits per heavy atom. The second-order valence-corrected chi connectivity index (χ2v) is 3.75. The average Bonchev–Trinajstić information content (AvgIpc) is 2.10. The van der Waals surface area contributed by atoms with E-state index in [0.29, 0.717) is 12.5 Å². The highest BCUT2D eigenvalue weighted by Gasteiger charge is 2.23. The van der Waals surface area contributed by atoms with Crippen molar-refractivity contribution in [1.82, 2.24) is 15.5 Å². The van der Waals surface area contributed by atoms with Gasteiger partial charge in [-0.3, -0.25) is 10.1 Å². The lowest BCUT2D eigenvalue weighted by Gasteiger charge is -2.36. The van der Waals surface area contributed by atoms with Gasteiger partial charge in [-0.05, 0) is 7.05 Å². The molecule has 0 spiro atoms. The number of urea groups is 1. The third-order valence-corrected chi connectivity index (χ3v) is 2.31. The Morgan fingerprint density at radius 1 is 1.50 bits per heavy atom. The summed E-state index contributed by atoms with van der Waals surface area (Å²) in [6, 6.07) is -0.467. The third-order valence-electron chi connectivity index (χ3n) is 2.07. The van der Waals surface area contributed by atoms with Crippen LogP contribution in [0.5, 0.6) is 0 Å². The van der Waals surface area contributed by atoms with Crippen LogP contribution in [-0.2, 0) is 4.79 Å². The van der Waals surface area contributed by atoms with Crippen molar-refractivity contribution in [2.45, 2.75) is 0 Å². The summed E-state index contributed by atoms with van der Waals surface area (Å²) in [5.41, 5.74) is 0. The zero-order valence-electron chi connectivity index (χ0n) is 8.05. The zero-order valence-corrected chi connectivity index (χ0v) is 8.80. The molecule has 0 saturated carbocycles. The molecule has 0 unspecified atom stereocenters. The van der Waals surface area contributed by atoms with Gasteiger partial charge in [0.05, 0.1) is 0 Å². The molecule has 0 aliphatic carbocycles. The number of imide groups is 1. The number of hydrogen-bond acceptors (Lipinski definition) is 3. The molecular formula is C8H14ClN3O2. The number of nitrogens with one attached hydrogen (secondary N) is 2. The third kappa shape index (κ3) is 3.51. The Morgan fingerprint density at radius 2 is 2.14 bits per heavy atom. The fourth-order valence-corrected chi connectivity index (χ4v) is 1.47. The largest absolute Gasteiger partial charge is 0.337 e. The van der Waals surface area contributed by atoms with Crippen LogP contribution in [0, 0.1) is 5.92 Å². The lowest BCUT2D eigenvalue weighted by atomic mass is 10.0. The van der Waals surface area contributed by atoms with Crippen LogP contribution < -0.4 is 10.6 Å². The van der Waals surface area contributed by atoms with E-state index in [9.17, 15) is 9.59 Å². The van der Waals surface area contributed by atoms with Crippen molar-refractivity contribution in [1.29, 1.82) is 0 Å². The lowest BCUT2D eigenvalue weighted by Crippen LogP contribution is -2.51. The molecule has 0 aromatic carbocycles. The maximum atomic E-state index is 11.0. The van der Waals surface area contributed by atoms with Gasteiger partial charge in [-0.2, -0.15) is 0 Å². The number of hydrogen-bond donors (Lipinski definition) is 2. The van der Waals surface area contributed by atoms with Crippen molar-refractivity contribution in [2.24, 2.45) is 5.92 Å². The molecule has 80 valence electrons. The van der Waals surface area contributed by atoms with Gasteiger partial charge in [0.1, 0.15) is 5.88 Å². The number of alkyl halides is 1. The molecule has 0 aromatic heterocycles. The van der Waals surface area contributed by atoms with Gasteiger partial charge in [-0.1, -0.05) is 0 Å². The van der Waals surface area contributed by atoms with Gasteiger partial charge in [-0.25, -0.2) is 4.79 Å². The Kier molecular flexibility index (Phi) is 4.16. The highest BCUT2D eigenvalue weighted by Crippen LogP contribution is 2.10. The molecule has 6 heteroatoms.